The first-order chi connectivity index (χ1) is 18.7. The minimum absolute atomic E-state index is 0.246. The number of carbonyl (C=O) groups excluding carboxylic acids is 1. The van der Waals surface area contributed by atoms with Crippen LogP contribution < -0.4 is 4.74 Å². The summed E-state index contributed by atoms with van der Waals surface area (Å²) < 4.78 is 58.4. The number of rotatable bonds is 10. The fraction of sp³-hybridized carbons (Fsp3) is 0.345. The summed E-state index contributed by atoms with van der Waals surface area (Å²) in [5, 5.41) is 0. The summed E-state index contributed by atoms with van der Waals surface area (Å²) in [5.41, 5.74) is 2.97. The van der Waals surface area contributed by atoms with Gasteiger partial charge in [0.05, 0.1) is 32.5 Å². The highest BCUT2D eigenvalue weighted by atomic mass is 32.2. The third-order valence-electron chi connectivity index (χ3n) is 6.75. The second kappa shape index (κ2) is 12.7. The Labute approximate surface area is 229 Å². The maximum absolute atomic E-state index is 14.4. The van der Waals surface area contributed by atoms with E-state index in [1.54, 1.807) is 32.2 Å². The van der Waals surface area contributed by atoms with Crippen molar-refractivity contribution in [1.82, 2.24) is 9.21 Å². The van der Waals surface area contributed by atoms with Crippen molar-refractivity contribution in [2.75, 3.05) is 46.9 Å². The SMILES string of the molecule is COC(=O)c1ccc(CO[C@@H](CN2CCN(S(=O)(=O)c3cc(C)ccc3F)CC2)c2cccc(OC)c2)cc1. The van der Waals surface area contributed by atoms with Crippen molar-refractivity contribution in [3.05, 3.63) is 94.8 Å². The fourth-order valence-corrected chi connectivity index (χ4v) is 6.05. The molecule has 208 valence electrons. The van der Waals surface area contributed by atoms with E-state index in [1.165, 1.54) is 23.5 Å². The lowest BCUT2D eigenvalue weighted by Crippen LogP contribution is -2.49. The van der Waals surface area contributed by atoms with Crippen molar-refractivity contribution < 1.29 is 31.8 Å². The van der Waals surface area contributed by atoms with Crippen molar-refractivity contribution in [1.29, 1.82) is 0 Å². The van der Waals surface area contributed by atoms with Crippen LogP contribution in [0.4, 0.5) is 4.39 Å². The predicted molar refractivity (Wildman–Crippen MR) is 145 cm³/mol. The second-order valence-corrected chi connectivity index (χ2v) is 11.3. The van der Waals surface area contributed by atoms with Crippen LogP contribution >= 0.6 is 0 Å². The van der Waals surface area contributed by atoms with E-state index in [1.807, 2.05) is 36.4 Å². The number of methoxy groups -OCH3 is 2. The fourth-order valence-electron chi connectivity index (χ4n) is 4.48. The van der Waals surface area contributed by atoms with E-state index in [0.29, 0.717) is 43.1 Å². The highest BCUT2D eigenvalue weighted by Crippen LogP contribution is 2.27. The number of piperazine rings is 1. The minimum Gasteiger partial charge on any atom is -0.497 e. The summed E-state index contributed by atoms with van der Waals surface area (Å²) in [6.07, 6.45) is -0.322. The molecule has 3 aromatic rings. The highest BCUT2D eigenvalue weighted by molar-refractivity contribution is 7.89. The molecule has 10 heteroatoms. The van der Waals surface area contributed by atoms with Gasteiger partial charge in [-0.05, 0) is 60.0 Å². The Kier molecular flexibility index (Phi) is 9.34. The van der Waals surface area contributed by atoms with Crippen LogP contribution in [-0.4, -0.2) is 70.5 Å². The molecule has 0 unspecified atom stereocenters. The predicted octanol–water partition coefficient (Wildman–Crippen LogP) is 4.19. The number of aryl methyl sites for hydroxylation is 1. The zero-order valence-electron chi connectivity index (χ0n) is 22.3. The Morgan fingerprint density at radius 2 is 1.69 bits per heavy atom. The van der Waals surface area contributed by atoms with E-state index in [9.17, 15) is 17.6 Å². The largest absolute Gasteiger partial charge is 0.497 e. The number of benzene rings is 3. The molecule has 0 spiro atoms. The van der Waals surface area contributed by atoms with Gasteiger partial charge in [-0.1, -0.05) is 30.3 Å². The molecule has 4 rings (SSSR count). The zero-order chi connectivity index (χ0) is 28.0. The molecule has 3 aromatic carbocycles. The van der Waals surface area contributed by atoms with E-state index in [0.717, 1.165) is 11.1 Å². The molecule has 0 N–H and O–H groups in total. The Bertz CT molecular complexity index is 1390. The first-order valence-corrected chi connectivity index (χ1v) is 14.1. The van der Waals surface area contributed by atoms with Crippen LogP contribution in [0.25, 0.3) is 0 Å². The second-order valence-electron chi connectivity index (χ2n) is 9.40. The van der Waals surface area contributed by atoms with Crippen LogP contribution in [-0.2, 0) is 26.1 Å². The number of hydrogen-bond acceptors (Lipinski definition) is 7. The summed E-state index contributed by atoms with van der Waals surface area (Å²) in [6, 6.07) is 18.8. The third kappa shape index (κ3) is 7.02. The smallest absolute Gasteiger partial charge is 0.337 e. The van der Waals surface area contributed by atoms with Crippen LogP contribution in [0.1, 0.15) is 33.2 Å². The van der Waals surface area contributed by atoms with E-state index < -0.39 is 21.8 Å². The van der Waals surface area contributed by atoms with Gasteiger partial charge >= 0.3 is 5.97 Å². The van der Waals surface area contributed by atoms with Gasteiger partial charge in [-0.3, -0.25) is 4.90 Å². The molecule has 1 fully saturated rings. The number of esters is 1. The summed E-state index contributed by atoms with van der Waals surface area (Å²) in [7, 11) is -0.988. The summed E-state index contributed by atoms with van der Waals surface area (Å²) in [5.74, 6) is -0.434. The van der Waals surface area contributed by atoms with Gasteiger partial charge in [0.25, 0.3) is 0 Å². The number of carbonyl (C=O) groups is 1. The molecule has 0 aromatic heterocycles. The first-order valence-electron chi connectivity index (χ1n) is 12.6. The maximum Gasteiger partial charge on any atom is 0.337 e. The summed E-state index contributed by atoms with van der Waals surface area (Å²) in [4.78, 5) is 13.6. The number of ether oxygens (including phenoxy) is 3. The van der Waals surface area contributed by atoms with Crippen molar-refractivity contribution in [2.24, 2.45) is 0 Å². The standard InChI is InChI=1S/C29H33FN2O6S/c1-21-7-12-26(30)28(17-21)39(34,35)32-15-13-31(14-16-32)19-27(24-5-4-6-25(18-24)36-2)38-20-22-8-10-23(11-9-22)29(33)37-3/h4-12,17-18,27H,13-16,19-20H2,1-3H3/t27-/m0/s1. The molecule has 1 heterocycles. The quantitative estimate of drug-likeness (QED) is 0.346. The van der Waals surface area contributed by atoms with Crippen LogP contribution in [0.3, 0.4) is 0 Å². The number of hydrogen-bond donors (Lipinski definition) is 0. The van der Waals surface area contributed by atoms with Gasteiger partial charge in [0.15, 0.2) is 0 Å². The van der Waals surface area contributed by atoms with Crippen LogP contribution in [0.5, 0.6) is 5.75 Å². The Hall–Kier alpha value is -3.31. The first kappa shape index (κ1) is 28.7. The van der Waals surface area contributed by atoms with Gasteiger partial charge in [0, 0.05) is 32.7 Å². The van der Waals surface area contributed by atoms with E-state index in [-0.39, 0.29) is 24.1 Å². The molecule has 8 nitrogen and oxygen atoms in total. The number of nitrogens with zero attached hydrogens (tertiary/aromatic N) is 2. The van der Waals surface area contributed by atoms with Crippen LogP contribution in [0, 0.1) is 12.7 Å². The molecular weight excluding hydrogens is 523 g/mol. The molecule has 0 amide bonds. The Balaban J connectivity index is 1.44. The van der Waals surface area contributed by atoms with Crippen molar-refractivity contribution >= 4 is 16.0 Å². The lowest BCUT2D eigenvalue weighted by molar-refractivity contribution is 0.00760. The molecule has 1 aliphatic heterocycles. The Morgan fingerprint density at radius 1 is 0.974 bits per heavy atom. The lowest BCUT2D eigenvalue weighted by Gasteiger charge is -2.36. The topological polar surface area (TPSA) is 85.4 Å². The maximum atomic E-state index is 14.4. The van der Waals surface area contributed by atoms with E-state index in [2.05, 4.69) is 4.90 Å². The summed E-state index contributed by atoms with van der Waals surface area (Å²) in [6.45, 7) is 4.02. The van der Waals surface area contributed by atoms with E-state index in [4.69, 9.17) is 14.2 Å². The van der Waals surface area contributed by atoms with Crippen LogP contribution in [0.15, 0.2) is 71.6 Å². The van der Waals surface area contributed by atoms with Gasteiger partial charge in [0.1, 0.15) is 16.5 Å². The average molecular weight is 557 g/mol. The molecule has 0 radical (unpaired) electrons. The Morgan fingerprint density at radius 3 is 2.36 bits per heavy atom. The number of halogens is 1. The van der Waals surface area contributed by atoms with Crippen LogP contribution in [0.2, 0.25) is 0 Å². The van der Waals surface area contributed by atoms with Gasteiger partial charge in [-0.15, -0.1) is 0 Å². The van der Waals surface area contributed by atoms with E-state index >= 15 is 0 Å². The average Bonchev–Trinajstić information content (AvgIpc) is 2.96. The van der Waals surface area contributed by atoms with Gasteiger partial charge in [-0.2, -0.15) is 4.31 Å². The molecular formula is C29H33FN2O6S. The van der Waals surface area contributed by atoms with Crippen molar-refractivity contribution in [2.45, 2.75) is 24.5 Å². The third-order valence-corrected chi connectivity index (χ3v) is 8.67. The zero-order valence-corrected chi connectivity index (χ0v) is 23.1. The van der Waals surface area contributed by atoms with Crippen molar-refractivity contribution in [3.63, 3.8) is 0 Å². The molecule has 0 saturated carbocycles. The van der Waals surface area contributed by atoms with Gasteiger partial charge in [-0.25, -0.2) is 17.6 Å². The van der Waals surface area contributed by atoms with Crippen molar-refractivity contribution in [3.8, 4) is 5.75 Å². The van der Waals surface area contributed by atoms with Gasteiger partial charge < -0.3 is 14.2 Å². The highest BCUT2D eigenvalue weighted by Gasteiger charge is 2.31. The van der Waals surface area contributed by atoms with Gasteiger partial charge in [0.2, 0.25) is 10.0 Å². The molecule has 1 aliphatic rings. The molecule has 0 aliphatic carbocycles. The lowest BCUT2D eigenvalue weighted by atomic mass is 10.1. The normalized spacial score (nSPS) is 15.6. The minimum atomic E-state index is -3.94. The molecule has 0 bridgehead atoms. The molecule has 39 heavy (non-hydrogen) atoms. The number of sulfonamides is 1. The molecule has 1 atom stereocenters. The molecule has 1 saturated heterocycles. The summed E-state index contributed by atoms with van der Waals surface area (Å²) >= 11 is 0. The monoisotopic (exact) mass is 556 g/mol.